The van der Waals surface area contributed by atoms with E-state index in [-0.39, 0.29) is 0 Å². The molecule has 1 aromatic heterocycles. The van der Waals surface area contributed by atoms with Gasteiger partial charge in [0.25, 0.3) is 0 Å². The van der Waals surface area contributed by atoms with Gasteiger partial charge in [-0.05, 0) is 40.1 Å². The van der Waals surface area contributed by atoms with Crippen molar-refractivity contribution in [3.63, 3.8) is 0 Å². The zero-order chi connectivity index (χ0) is 13.2. The number of hydrogen-bond donors (Lipinski definition) is 2. The van der Waals surface area contributed by atoms with Crippen molar-refractivity contribution in [3.8, 4) is 22.5 Å². The molecule has 3 N–H and O–H groups in total. The zero-order valence-electron chi connectivity index (χ0n) is 10.5. The molecule has 0 aliphatic rings. The zero-order valence-corrected chi connectivity index (χ0v) is 10.5. The highest BCUT2D eigenvalue weighted by atomic mass is 15.5. The lowest BCUT2D eigenvalue weighted by molar-refractivity contribution is 0.881. The Bertz CT molecular complexity index is 689. The lowest BCUT2D eigenvalue weighted by Crippen LogP contribution is -1.96. The molecule has 0 amide bonds. The lowest BCUT2D eigenvalue weighted by atomic mass is 9.94. The van der Waals surface area contributed by atoms with E-state index in [2.05, 4.69) is 32.8 Å². The molecule has 1 heterocycles. The van der Waals surface area contributed by atoms with Crippen LogP contribution in [-0.4, -0.2) is 20.6 Å². The summed E-state index contributed by atoms with van der Waals surface area (Å²) in [6, 6.07) is 14.0. The van der Waals surface area contributed by atoms with E-state index in [9.17, 15) is 0 Å². The van der Waals surface area contributed by atoms with Gasteiger partial charge in [-0.25, -0.2) is 5.10 Å². The molecule has 0 aliphatic carbocycles. The first-order valence-electron chi connectivity index (χ1n) is 5.96. The number of aromatic amines is 1. The van der Waals surface area contributed by atoms with Crippen LogP contribution in [0, 0.1) is 6.92 Å². The van der Waals surface area contributed by atoms with E-state index in [1.165, 1.54) is 0 Å². The molecule has 5 nitrogen and oxygen atoms in total. The van der Waals surface area contributed by atoms with E-state index < -0.39 is 0 Å². The van der Waals surface area contributed by atoms with Gasteiger partial charge in [-0.1, -0.05) is 36.4 Å². The Hall–Kier alpha value is -2.69. The first kappa shape index (κ1) is 11.4. The summed E-state index contributed by atoms with van der Waals surface area (Å²) < 4.78 is 0. The molecule has 0 atom stereocenters. The van der Waals surface area contributed by atoms with Crippen molar-refractivity contribution >= 4 is 5.69 Å². The Labute approximate surface area is 110 Å². The van der Waals surface area contributed by atoms with Crippen LogP contribution in [0.2, 0.25) is 0 Å². The van der Waals surface area contributed by atoms with Crippen molar-refractivity contribution in [2.45, 2.75) is 6.92 Å². The first-order valence-corrected chi connectivity index (χ1v) is 5.96. The molecule has 0 saturated heterocycles. The second-order valence-electron chi connectivity index (χ2n) is 4.32. The molecule has 2 aromatic carbocycles. The largest absolute Gasteiger partial charge is 0.398 e. The summed E-state index contributed by atoms with van der Waals surface area (Å²) in [6.45, 7) is 1.97. The molecule has 5 heteroatoms. The van der Waals surface area contributed by atoms with Gasteiger partial charge in [-0.3, -0.25) is 0 Å². The van der Waals surface area contributed by atoms with E-state index in [1.54, 1.807) is 0 Å². The Morgan fingerprint density at radius 2 is 1.84 bits per heavy atom. The summed E-state index contributed by atoms with van der Waals surface area (Å²) >= 11 is 0. The molecule has 0 radical (unpaired) electrons. The van der Waals surface area contributed by atoms with Gasteiger partial charge >= 0.3 is 0 Å². The molecular weight excluding hydrogens is 238 g/mol. The van der Waals surface area contributed by atoms with Crippen molar-refractivity contribution in [2.75, 3.05) is 5.73 Å². The maximum absolute atomic E-state index is 5.99. The summed E-state index contributed by atoms with van der Waals surface area (Å²) in [5.74, 6) is 0.628. The standard InChI is InChI=1S/C14H13N5/c1-9-12(15)8-7-11(10-5-3-2-4-6-10)13(9)14-16-18-19-17-14/h2-8H,15H2,1H3,(H,16,17,18,19). The number of nitrogens with zero attached hydrogens (tertiary/aromatic N) is 3. The van der Waals surface area contributed by atoms with Gasteiger partial charge in [0.05, 0.1) is 0 Å². The Morgan fingerprint density at radius 3 is 2.53 bits per heavy atom. The van der Waals surface area contributed by atoms with Gasteiger partial charge < -0.3 is 5.73 Å². The summed E-state index contributed by atoms with van der Waals surface area (Å²) in [5.41, 5.74) is 10.8. The predicted molar refractivity (Wildman–Crippen MR) is 74.2 cm³/mol. The van der Waals surface area contributed by atoms with Gasteiger partial charge in [-0.2, -0.15) is 0 Å². The molecule has 19 heavy (non-hydrogen) atoms. The van der Waals surface area contributed by atoms with Gasteiger partial charge in [0.1, 0.15) is 0 Å². The second-order valence-corrected chi connectivity index (χ2v) is 4.32. The monoisotopic (exact) mass is 251 g/mol. The van der Waals surface area contributed by atoms with Crippen LogP contribution in [0.4, 0.5) is 5.69 Å². The summed E-state index contributed by atoms with van der Waals surface area (Å²) in [6.07, 6.45) is 0. The summed E-state index contributed by atoms with van der Waals surface area (Å²) in [5, 5.41) is 14.1. The molecule has 0 spiro atoms. The fourth-order valence-electron chi connectivity index (χ4n) is 2.16. The van der Waals surface area contributed by atoms with Gasteiger partial charge in [0.2, 0.25) is 0 Å². The molecule has 94 valence electrons. The van der Waals surface area contributed by atoms with Crippen LogP contribution in [0.5, 0.6) is 0 Å². The van der Waals surface area contributed by atoms with Gasteiger partial charge in [0, 0.05) is 11.3 Å². The normalized spacial score (nSPS) is 10.6. The third kappa shape index (κ3) is 1.95. The smallest absolute Gasteiger partial charge is 0.180 e. The van der Waals surface area contributed by atoms with Crippen LogP contribution in [0.3, 0.4) is 0 Å². The molecule has 0 fully saturated rings. The number of benzene rings is 2. The fourth-order valence-corrected chi connectivity index (χ4v) is 2.16. The minimum Gasteiger partial charge on any atom is -0.398 e. The number of hydrogen-bond acceptors (Lipinski definition) is 4. The average Bonchev–Trinajstić information content (AvgIpc) is 2.96. The number of tetrazole rings is 1. The summed E-state index contributed by atoms with van der Waals surface area (Å²) in [7, 11) is 0. The molecule has 0 bridgehead atoms. The van der Waals surface area contributed by atoms with Crippen molar-refractivity contribution in [1.29, 1.82) is 0 Å². The van der Waals surface area contributed by atoms with Crippen LogP contribution < -0.4 is 5.73 Å². The maximum Gasteiger partial charge on any atom is 0.180 e. The molecule has 0 unspecified atom stereocenters. The number of nitrogens with one attached hydrogen (secondary N) is 1. The highest BCUT2D eigenvalue weighted by Gasteiger charge is 2.14. The minimum atomic E-state index is 0.628. The van der Waals surface area contributed by atoms with Crippen LogP contribution in [-0.2, 0) is 0 Å². The number of nitrogen functional groups attached to an aromatic ring is 1. The molecule has 3 aromatic rings. The Morgan fingerprint density at radius 1 is 1.05 bits per heavy atom. The number of H-pyrrole nitrogens is 1. The van der Waals surface area contributed by atoms with Crippen molar-refractivity contribution in [1.82, 2.24) is 20.6 Å². The third-order valence-corrected chi connectivity index (χ3v) is 3.17. The SMILES string of the molecule is Cc1c(N)ccc(-c2ccccc2)c1-c1nnn[nH]1. The second kappa shape index (κ2) is 4.53. The van der Waals surface area contributed by atoms with E-state index in [1.807, 2.05) is 37.3 Å². The van der Waals surface area contributed by atoms with Crippen molar-refractivity contribution in [3.05, 3.63) is 48.0 Å². The van der Waals surface area contributed by atoms with E-state index >= 15 is 0 Å². The highest BCUT2D eigenvalue weighted by Crippen LogP contribution is 2.34. The predicted octanol–water partition coefficient (Wildman–Crippen LogP) is 2.42. The van der Waals surface area contributed by atoms with E-state index in [4.69, 9.17) is 5.73 Å². The van der Waals surface area contributed by atoms with E-state index in [0.29, 0.717) is 5.82 Å². The fraction of sp³-hybridized carbons (Fsp3) is 0.0714. The molecule has 0 saturated carbocycles. The van der Waals surface area contributed by atoms with Crippen LogP contribution in [0.1, 0.15) is 5.56 Å². The highest BCUT2D eigenvalue weighted by molar-refractivity contribution is 5.85. The Balaban J connectivity index is 2.29. The van der Waals surface area contributed by atoms with Crippen molar-refractivity contribution in [2.24, 2.45) is 0 Å². The number of nitrogens with two attached hydrogens (primary N) is 1. The van der Waals surface area contributed by atoms with Crippen molar-refractivity contribution < 1.29 is 0 Å². The third-order valence-electron chi connectivity index (χ3n) is 3.17. The van der Waals surface area contributed by atoms with Crippen LogP contribution >= 0.6 is 0 Å². The van der Waals surface area contributed by atoms with E-state index in [0.717, 1.165) is 27.9 Å². The average molecular weight is 251 g/mol. The number of rotatable bonds is 2. The Kier molecular flexibility index (Phi) is 2.72. The van der Waals surface area contributed by atoms with Gasteiger partial charge in [-0.15, -0.1) is 5.10 Å². The number of anilines is 1. The van der Waals surface area contributed by atoms with Gasteiger partial charge in [0.15, 0.2) is 5.82 Å². The maximum atomic E-state index is 5.99. The van der Waals surface area contributed by atoms with Crippen LogP contribution in [0.15, 0.2) is 42.5 Å². The minimum absolute atomic E-state index is 0.628. The molecule has 0 aliphatic heterocycles. The topological polar surface area (TPSA) is 80.5 Å². The lowest BCUT2D eigenvalue weighted by Gasteiger charge is -2.12. The first-order chi connectivity index (χ1) is 9.27. The molecular formula is C14H13N5. The summed E-state index contributed by atoms with van der Waals surface area (Å²) in [4.78, 5) is 0. The van der Waals surface area contributed by atoms with Crippen LogP contribution in [0.25, 0.3) is 22.5 Å². The quantitative estimate of drug-likeness (QED) is 0.685. The molecule has 3 rings (SSSR count). The number of aromatic nitrogens is 4.